The maximum absolute atomic E-state index is 12.5. The van der Waals surface area contributed by atoms with Gasteiger partial charge in [0.1, 0.15) is 0 Å². The van der Waals surface area contributed by atoms with Crippen LogP contribution in [0.4, 0.5) is 19.1 Å². The number of alkyl halides is 3. The molecule has 0 saturated carbocycles. The van der Waals surface area contributed by atoms with Crippen molar-refractivity contribution in [1.82, 2.24) is 19.9 Å². The van der Waals surface area contributed by atoms with Gasteiger partial charge in [-0.1, -0.05) is 6.07 Å². The van der Waals surface area contributed by atoms with Crippen molar-refractivity contribution >= 4 is 17.8 Å². The van der Waals surface area contributed by atoms with Crippen molar-refractivity contribution in [2.24, 2.45) is 0 Å². The summed E-state index contributed by atoms with van der Waals surface area (Å²) < 4.78 is 31.7. The van der Waals surface area contributed by atoms with E-state index in [1.54, 1.807) is 6.20 Å². The zero-order valence-electron chi connectivity index (χ0n) is 16.1. The maximum Gasteiger partial charge on any atom is 0.490 e. The van der Waals surface area contributed by atoms with Crippen molar-refractivity contribution in [2.75, 3.05) is 11.4 Å². The third-order valence-corrected chi connectivity index (χ3v) is 4.96. The molecule has 8 nitrogen and oxygen atoms in total. The van der Waals surface area contributed by atoms with Crippen LogP contribution in [0.2, 0.25) is 0 Å². The third kappa shape index (κ3) is 4.84. The van der Waals surface area contributed by atoms with Crippen LogP contribution < -0.4 is 4.90 Å². The molecule has 1 amide bonds. The number of nitrogens with zero attached hydrogens (tertiary/aromatic N) is 5. The van der Waals surface area contributed by atoms with Crippen molar-refractivity contribution < 1.29 is 27.9 Å². The first-order chi connectivity index (χ1) is 14.2. The van der Waals surface area contributed by atoms with E-state index in [0.717, 1.165) is 30.0 Å². The molecule has 1 N–H and O–H groups in total. The van der Waals surface area contributed by atoms with Crippen molar-refractivity contribution in [2.45, 2.75) is 44.6 Å². The molecule has 2 atom stereocenters. The number of anilines is 1. The summed E-state index contributed by atoms with van der Waals surface area (Å²) in [5.41, 5.74) is 2.12. The van der Waals surface area contributed by atoms with Gasteiger partial charge in [-0.2, -0.15) is 13.2 Å². The second-order valence-electron chi connectivity index (χ2n) is 7.07. The fourth-order valence-corrected chi connectivity index (χ4v) is 3.60. The minimum absolute atomic E-state index is 0.182. The Kier molecular flexibility index (Phi) is 6.18. The highest BCUT2D eigenvalue weighted by atomic mass is 19.4. The van der Waals surface area contributed by atoms with Gasteiger partial charge in [0.2, 0.25) is 11.9 Å². The number of fused-ring (bicyclic) bond motifs is 1. The van der Waals surface area contributed by atoms with Crippen molar-refractivity contribution in [3.05, 3.63) is 48.0 Å². The number of pyridine rings is 1. The van der Waals surface area contributed by atoms with Gasteiger partial charge >= 0.3 is 12.1 Å². The van der Waals surface area contributed by atoms with E-state index in [-0.39, 0.29) is 18.0 Å². The molecular formula is C19H20F3N5O3. The summed E-state index contributed by atoms with van der Waals surface area (Å²) in [6, 6.07) is 4.35. The number of likely N-dealkylation sites (tertiary alicyclic amines) is 1. The van der Waals surface area contributed by atoms with E-state index in [1.165, 1.54) is 0 Å². The Bertz CT molecular complexity index is 893. The molecule has 30 heavy (non-hydrogen) atoms. The summed E-state index contributed by atoms with van der Waals surface area (Å²) >= 11 is 0. The van der Waals surface area contributed by atoms with E-state index in [1.807, 2.05) is 42.5 Å². The van der Waals surface area contributed by atoms with Crippen LogP contribution in [0.25, 0.3) is 0 Å². The number of hydrogen-bond donors (Lipinski definition) is 1. The van der Waals surface area contributed by atoms with E-state index in [9.17, 15) is 18.0 Å². The Morgan fingerprint density at radius 3 is 2.47 bits per heavy atom. The molecule has 0 aromatic carbocycles. The Labute approximate surface area is 170 Å². The van der Waals surface area contributed by atoms with E-state index in [0.29, 0.717) is 13.0 Å². The van der Waals surface area contributed by atoms with Crippen LogP contribution in [0.3, 0.4) is 0 Å². The van der Waals surface area contributed by atoms with E-state index < -0.39 is 12.1 Å². The molecule has 160 valence electrons. The first-order valence-electron chi connectivity index (χ1n) is 9.20. The van der Waals surface area contributed by atoms with Gasteiger partial charge in [0, 0.05) is 44.3 Å². The van der Waals surface area contributed by atoms with Gasteiger partial charge in [0.25, 0.3) is 0 Å². The number of carboxylic acid groups (broad SMARTS) is 1. The summed E-state index contributed by atoms with van der Waals surface area (Å²) in [7, 11) is 0. The maximum atomic E-state index is 12.5. The molecule has 2 unspecified atom stereocenters. The van der Waals surface area contributed by atoms with Crippen molar-refractivity contribution in [1.29, 1.82) is 0 Å². The number of aryl methyl sites for hydroxylation is 1. The lowest BCUT2D eigenvalue weighted by atomic mass is 10.1. The summed E-state index contributed by atoms with van der Waals surface area (Å²) in [5.74, 6) is -1.81. The highest BCUT2D eigenvalue weighted by molar-refractivity contribution is 5.81. The molecule has 0 aliphatic carbocycles. The van der Waals surface area contributed by atoms with Gasteiger partial charge < -0.3 is 14.9 Å². The molecule has 2 aromatic heterocycles. The van der Waals surface area contributed by atoms with E-state index >= 15 is 0 Å². The van der Waals surface area contributed by atoms with E-state index in [4.69, 9.17) is 9.90 Å². The number of aromatic nitrogens is 3. The largest absolute Gasteiger partial charge is 0.490 e. The lowest BCUT2D eigenvalue weighted by Crippen LogP contribution is -2.37. The number of aliphatic carboxylic acids is 1. The smallest absolute Gasteiger partial charge is 0.475 e. The molecule has 2 fully saturated rings. The normalized spacial score (nSPS) is 20.6. The van der Waals surface area contributed by atoms with Crippen LogP contribution in [-0.4, -0.2) is 61.6 Å². The predicted octanol–water partition coefficient (Wildman–Crippen LogP) is 2.19. The fourth-order valence-electron chi connectivity index (χ4n) is 3.60. The standard InChI is InChI=1S/C17H19N5O.C2HF3O2/c1-12-8-19-17(20-9-12)21-6-4-14-15(21)7-16(23)22(14)11-13-3-2-5-18-10-13;3-2(4,5)1(6)7/h2-3,5,8-10,14-15H,4,6-7,11H2,1H3;(H,6,7). The number of carbonyl (C=O) groups is 2. The molecule has 4 heterocycles. The molecule has 4 rings (SSSR count). The number of carboxylic acids is 1. The zero-order valence-corrected chi connectivity index (χ0v) is 16.1. The number of hydrogen-bond acceptors (Lipinski definition) is 6. The molecule has 2 aromatic rings. The fraction of sp³-hybridized carbons (Fsp3) is 0.421. The van der Waals surface area contributed by atoms with Gasteiger partial charge in [-0.15, -0.1) is 0 Å². The zero-order chi connectivity index (χ0) is 21.9. The van der Waals surface area contributed by atoms with Crippen LogP contribution in [0, 0.1) is 6.92 Å². The Balaban J connectivity index is 0.000000318. The third-order valence-electron chi connectivity index (χ3n) is 4.96. The lowest BCUT2D eigenvalue weighted by molar-refractivity contribution is -0.192. The molecule has 0 radical (unpaired) electrons. The second-order valence-corrected chi connectivity index (χ2v) is 7.07. The highest BCUT2D eigenvalue weighted by Gasteiger charge is 2.47. The molecule has 0 bridgehead atoms. The summed E-state index contributed by atoms with van der Waals surface area (Å²) in [6.45, 7) is 3.51. The average Bonchev–Trinajstić information content (AvgIpc) is 3.23. The second kappa shape index (κ2) is 8.64. The van der Waals surface area contributed by atoms with Crippen LogP contribution in [0.15, 0.2) is 36.9 Å². The van der Waals surface area contributed by atoms with E-state index in [2.05, 4.69) is 19.9 Å². The topological polar surface area (TPSA) is 99.5 Å². The Hall–Kier alpha value is -3.24. The molecule has 2 aliphatic heterocycles. The van der Waals surface area contributed by atoms with Gasteiger partial charge in [0.15, 0.2) is 0 Å². The SMILES string of the molecule is Cc1cnc(N2CCC3C2CC(=O)N3Cc2cccnc2)nc1.O=C(O)C(F)(F)F. The first kappa shape index (κ1) is 21.5. The molecule has 2 saturated heterocycles. The van der Waals surface area contributed by atoms with Gasteiger partial charge in [-0.05, 0) is 30.5 Å². The predicted molar refractivity (Wildman–Crippen MR) is 99.4 cm³/mol. The van der Waals surface area contributed by atoms with Crippen LogP contribution in [-0.2, 0) is 16.1 Å². The summed E-state index contributed by atoms with van der Waals surface area (Å²) in [4.78, 5) is 38.5. The van der Waals surface area contributed by atoms with Crippen LogP contribution in [0.1, 0.15) is 24.0 Å². The van der Waals surface area contributed by atoms with Crippen LogP contribution in [0.5, 0.6) is 0 Å². The highest BCUT2D eigenvalue weighted by Crippen LogP contribution is 2.35. The summed E-state index contributed by atoms with van der Waals surface area (Å²) in [6.07, 6.45) is 3.68. The number of amides is 1. The van der Waals surface area contributed by atoms with Crippen molar-refractivity contribution in [3.63, 3.8) is 0 Å². The lowest BCUT2D eigenvalue weighted by Gasteiger charge is -2.25. The van der Waals surface area contributed by atoms with Gasteiger partial charge in [-0.3, -0.25) is 9.78 Å². The van der Waals surface area contributed by atoms with Crippen molar-refractivity contribution in [3.8, 4) is 0 Å². The quantitative estimate of drug-likeness (QED) is 0.808. The average molecular weight is 423 g/mol. The Morgan fingerprint density at radius 2 is 1.90 bits per heavy atom. The minimum Gasteiger partial charge on any atom is -0.475 e. The Morgan fingerprint density at radius 1 is 1.23 bits per heavy atom. The monoisotopic (exact) mass is 423 g/mol. The molecule has 2 aliphatic rings. The summed E-state index contributed by atoms with van der Waals surface area (Å²) in [5, 5.41) is 7.12. The molecular weight excluding hydrogens is 403 g/mol. The minimum atomic E-state index is -5.08. The van der Waals surface area contributed by atoms with Gasteiger partial charge in [-0.25, -0.2) is 14.8 Å². The molecule has 0 spiro atoms. The number of halogens is 3. The number of rotatable bonds is 3. The van der Waals surface area contributed by atoms with Gasteiger partial charge in [0.05, 0.1) is 12.1 Å². The first-order valence-corrected chi connectivity index (χ1v) is 9.20. The van der Waals surface area contributed by atoms with Crippen LogP contribution >= 0.6 is 0 Å². The number of carbonyl (C=O) groups excluding carboxylic acids is 1. The molecule has 11 heteroatoms.